The van der Waals surface area contributed by atoms with Crippen LogP contribution >= 0.6 is 34.8 Å². The lowest BCUT2D eigenvalue weighted by atomic mass is 9.94. The molecule has 2 aromatic rings. The first-order valence-electron chi connectivity index (χ1n) is 11.7. The summed E-state index contributed by atoms with van der Waals surface area (Å²) >= 11 is 17.7. The van der Waals surface area contributed by atoms with Crippen molar-refractivity contribution in [1.82, 2.24) is 16.0 Å². The van der Waals surface area contributed by atoms with Crippen LogP contribution in [0.25, 0.3) is 6.08 Å². The van der Waals surface area contributed by atoms with Crippen LogP contribution < -0.4 is 16.0 Å². The molecule has 2 aromatic carbocycles. The maximum Gasteiger partial charge on any atom is 0.405 e. The van der Waals surface area contributed by atoms with Gasteiger partial charge in [0.15, 0.2) is 0 Å². The third-order valence-electron chi connectivity index (χ3n) is 5.41. The molecule has 3 amide bonds. The number of carbonyl (C=O) groups excluding carboxylic acids is 4. The smallest absolute Gasteiger partial charge is 0.344 e. The zero-order valence-electron chi connectivity index (χ0n) is 21.3. The number of hydrogen-bond donors (Lipinski definition) is 3. The van der Waals surface area contributed by atoms with Crippen LogP contribution in [0, 0.1) is 5.92 Å². The number of nitrogens with one attached hydrogen (secondary N) is 3. The predicted octanol–water partition coefficient (Wildman–Crippen LogP) is 5.54. The van der Waals surface area contributed by atoms with Crippen LogP contribution in [0.2, 0.25) is 15.1 Å². The van der Waals surface area contributed by atoms with Crippen LogP contribution in [-0.2, 0) is 19.2 Å². The highest BCUT2D eigenvalue weighted by atomic mass is 35.5. The molecule has 0 aliphatic carbocycles. The lowest BCUT2D eigenvalue weighted by Crippen LogP contribution is -2.58. The highest BCUT2D eigenvalue weighted by molar-refractivity contribution is 6.42. The van der Waals surface area contributed by atoms with Crippen molar-refractivity contribution in [3.63, 3.8) is 0 Å². The van der Waals surface area contributed by atoms with Gasteiger partial charge >= 0.3 is 12.1 Å². The summed E-state index contributed by atoms with van der Waals surface area (Å²) in [7, 11) is 0. The highest BCUT2D eigenvalue weighted by Crippen LogP contribution is 2.25. The molecule has 0 unspecified atom stereocenters. The minimum absolute atomic E-state index is 0.146. The van der Waals surface area contributed by atoms with E-state index in [-0.39, 0.29) is 20.6 Å². The van der Waals surface area contributed by atoms with E-state index in [4.69, 9.17) is 34.8 Å². The zero-order valence-corrected chi connectivity index (χ0v) is 23.6. The first-order valence-corrected chi connectivity index (χ1v) is 12.8. The lowest BCUT2D eigenvalue weighted by molar-refractivity contribution is -0.165. The summed E-state index contributed by atoms with van der Waals surface area (Å²) in [5.74, 6) is -12.5. The van der Waals surface area contributed by atoms with Gasteiger partial charge in [-0.3, -0.25) is 19.2 Å². The van der Waals surface area contributed by atoms with Gasteiger partial charge < -0.3 is 16.0 Å². The molecule has 0 fully saturated rings. The largest absolute Gasteiger partial charge is 0.405 e. The van der Waals surface area contributed by atoms with Crippen molar-refractivity contribution < 1.29 is 41.1 Å². The molecule has 3 N–H and O–H groups in total. The van der Waals surface area contributed by atoms with Crippen molar-refractivity contribution in [3.8, 4) is 0 Å². The van der Waals surface area contributed by atoms with Crippen molar-refractivity contribution >= 4 is 64.4 Å². The van der Waals surface area contributed by atoms with Crippen molar-refractivity contribution in [1.29, 1.82) is 0 Å². The topological polar surface area (TPSA) is 104 Å². The molecular formula is C26H23Cl3F5N3O4. The normalized spacial score (nSPS) is 13.5. The van der Waals surface area contributed by atoms with E-state index in [2.05, 4.69) is 10.6 Å². The molecule has 0 saturated heterocycles. The van der Waals surface area contributed by atoms with Gasteiger partial charge in [0.25, 0.3) is 5.91 Å². The van der Waals surface area contributed by atoms with Gasteiger partial charge in [0, 0.05) is 11.1 Å². The van der Waals surface area contributed by atoms with E-state index >= 15 is 0 Å². The second-order valence-corrected chi connectivity index (χ2v) is 10.2. The summed E-state index contributed by atoms with van der Waals surface area (Å²) < 4.78 is 66.2. The summed E-state index contributed by atoms with van der Waals surface area (Å²) in [6.45, 7) is 0.443. The standard InChI is InChI=1S/C26H23Cl3F5N3O4/c1-13(2)20(22(39)26(33,34)24(41)35-12-25(30,31)32)37-23(40)21(15-5-7-16(27)8-6-15)36-19(38)10-4-14-3-9-17(28)18(29)11-14/h3-11,13,20-21H,12H2,1-2H3,(H,35,41)(H,36,38)(H,37,40)/b10-4+/t20-,21-/m0/s1. The molecule has 2 rings (SSSR count). The van der Waals surface area contributed by atoms with Crippen molar-refractivity contribution in [2.45, 2.75) is 38.0 Å². The Morgan fingerprint density at radius 2 is 1.49 bits per heavy atom. The molecule has 0 heterocycles. The van der Waals surface area contributed by atoms with E-state index < -0.39 is 60.1 Å². The van der Waals surface area contributed by atoms with Crippen molar-refractivity contribution in [3.05, 3.63) is 74.7 Å². The first kappa shape index (κ1) is 34.0. The average molecular weight is 643 g/mol. The summed E-state index contributed by atoms with van der Waals surface area (Å²) in [6, 6.07) is 6.47. The number of rotatable bonds is 11. The molecular weight excluding hydrogens is 620 g/mol. The van der Waals surface area contributed by atoms with Crippen LogP contribution in [-0.4, -0.2) is 48.2 Å². The third-order valence-corrected chi connectivity index (χ3v) is 6.40. The molecule has 0 aromatic heterocycles. The molecule has 0 aliphatic heterocycles. The number of alkyl halides is 5. The second-order valence-electron chi connectivity index (χ2n) is 8.97. The SMILES string of the molecule is CC(C)[C@H](NC(=O)[C@@H](NC(=O)/C=C/c1ccc(Cl)c(Cl)c1)c1ccc(Cl)cc1)C(=O)C(F)(F)C(=O)NCC(F)(F)F. The fourth-order valence-corrected chi connectivity index (χ4v) is 3.74. The molecule has 0 saturated carbocycles. The van der Waals surface area contributed by atoms with Gasteiger partial charge in [-0.2, -0.15) is 22.0 Å². The summed E-state index contributed by atoms with van der Waals surface area (Å²) in [5, 5.41) is 6.22. The molecule has 0 spiro atoms. The Bertz CT molecular complexity index is 1320. The van der Waals surface area contributed by atoms with Crippen LogP contribution in [0.1, 0.15) is 31.0 Å². The van der Waals surface area contributed by atoms with Gasteiger partial charge in [0.05, 0.1) is 16.1 Å². The number of Topliss-reactive ketones (excluding diaryl/α,β-unsaturated/α-hetero) is 1. The summed E-state index contributed by atoms with van der Waals surface area (Å²) in [4.78, 5) is 50.3. The molecule has 0 aliphatic rings. The maximum absolute atomic E-state index is 14.5. The van der Waals surface area contributed by atoms with Crippen LogP contribution in [0.15, 0.2) is 48.5 Å². The Morgan fingerprint density at radius 3 is 2.02 bits per heavy atom. The van der Waals surface area contributed by atoms with E-state index in [1.807, 2.05) is 0 Å². The monoisotopic (exact) mass is 641 g/mol. The molecule has 7 nitrogen and oxygen atoms in total. The van der Waals surface area contributed by atoms with Crippen LogP contribution in [0.3, 0.4) is 0 Å². The van der Waals surface area contributed by atoms with Gasteiger partial charge in [0.2, 0.25) is 17.6 Å². The Morgan fingerprint density at radius 1 is 0.878 bits per heavy atom. The Kier molecular flexibility index (Phi) is 11.7. The molecule has 0 bridgehead atoms. The fourth-order valence-electron chi connectivity index (χ4n) is 3.30. The number of amides is 3. The third kappa shape index (κ3) is 9.98. The van der Waals surface area contributed by atoms with Gasteiger partial charge in [-0.15, -0.1) is 0 Å². The molecule has 15 heteroatoms. The van der Waals surface area contributed by atoms with Gasteiger partial charge in [0.1, 0.15) is 12.6 Å². The van der Waals surface area contributed by atoms with Gasteiger partial charge in [-0.1, -0.05) is 66.8 Å². The molecule has 41 heavy (non-hydrogen) atoms. The summed E-state index contributed by atoms with van der Waals surface area (Å²) in [6.07, 6.45) is -2.59. The second kappa shape index (κ2) is 14.1. The minimum atomic E-state index is -5.00. The quantitative estimate of drug-likeness (QED) is 0.170. The number of benzene rings is 2. The average Bonchev–Trinajstić information content (AvgIpc) is 2.89. The predicted molar refractivity (Wildman–Crippen MR) is 144 cm³/mol. The van der Waals surface area contributed by atoms with E-state index in [9.17, 15) is 41.1 Å². The number of ketones is 1. The van der Waals surface area contributed by atoms with E-state index in [1.54, 1.807) is 6.07 Å². The van der Waals surface area contributed by atoms with E-state index in [0.29, 0.717) is 5.56 Å². The minimum Gasteiger partial charge on any atom is -0.344 e. The van der Waals surface area contributed by atoms with E-state index in [0.717, 1.165) is 11.4 Å². The number of halogens is 8. The Labute approximate surface area is 246 Å². The number of carbonyl (C=O) groups is 4. The van der Waals surface area contributed by atoms with Gasteiger partial charge in [-0.25, -0.2) is 0 Å². The van der Waals surface area contributed by atoms with Crippen molar-refractivity contribution in [2.24, 2.45) is 5.92 Å². The van der Waals surface area contributed by atoms with Crippen molar-refractivity contribution in [2.75, 3.05) is 6.54 Å². The van der Waals surface area contributed by atoms with Crippen LogP contribution in [0.4, 0.5) is 22.0 Å². The first-order chi connectivity index (χ1) is 18.9. The van der Waals surface area contributed by atoms with Crippen LogP contribution in [0.5, 0.6) is 0 Å². The Balaban J connectivity index is 2.30. The maximum atomic E-state index is 14.5. The zero-order chi connectivity index (χ0) is 31.1. The van der Waals surface area contributed by atoms with Gasteiger partial charge in [-0.05, 0) is 47.4 Å². The number of hydrogen-bond acceptors (Lipinski definition) is 4. The summed E-state index contributed by atoms with van der Waals surface area (Å²) in [5.41, 5.74) is 0.631. The lowest BCUT2D eigenvalue weighted by Gasteiger charge is -2.27. The van der Waals surface area contributed by atoms with E-state index in [1.165, 1.54) is 56.3 Å². The Hall–Kier alpha value is -3.22. The molecule has 222 valence electrons. The fraction of sp³-hybridized carbons (Fsp3) is 0.308. The highest BCUT2D eigenvalue weighted by Gasteiger charge is 2.52. The molecule has 2 atom stereocenters. The molecule has 0 radical (unpaired) electrons.